The van der Waals surface area contributed by atoms with Gasteiger partial charge in [0.05, 0.1) is 18.8 Å². The summed E-state index contributed by atoms with van der Waals surface area (Å²) in [6.45, 7) is 2.85. The van der Waals surface area contributed by atoms with Crippen LogP contribution in [0.25, 0.3) is 0 Å². The first-order valence-electron chi connectivity index (χ1n) is 6.60. The molecule has 0 amide bonds. The summed E-state index contributed by atoms with van der Waals surface area (Å²) in [5, 5.41) is 0. The van der Waals surface area contributed by atoms with Crippen LogP contribution in [0.2, 0.25) is 0 Å². The molecule has 0 spiro atoms. The van der Waals surface area contributed by atoms with Crippen molar-refractivity contribution in [3.63, 3.8) is 0 Å². The SMILES string of the molecule is CCC(N)C(c1ccncc1)N(C)Cc1ccco1. The Morgan fingerprint density at radius 2 is 2.05 bits per heavy atom. The average Bonchev–Trinajstić information content (AvgIpc) is 2.93. The molecule has 0 saturated heterocycles. The van der Waals surface area contributed by atoms with E-state index >= 15 is 0 Å². The normalized spacial score (nSPS) is 14.5. The van der Waals surface area contributed by atoms with Crippen LogP contribution in [0.5, 0.6) is 0 Å². The average molecular weight is 259 g/mol. The number of nitrogens with zero attached hydrogens (tertiary/aromatic N) is 2. The van der Waals surface area contributed by atoms with Crippen LogP contribution in [0, 0.1) is 0 Å². The molecular weight excluding hydrogens is 238 g/mol. The Kier molecular flexibility index (Phi) is 4.71. The van der Waals surface area contributed by atoms with Crippen LogP contribution in [0.1, 0.15) is 30.7 Å². The monoisotopic (exact) mass is 259 g/mol. The second-order valence-corrected chi connectivity index (χ2v) is 4.79. The Balaban J connectivity index is 2.18. The number of nitrogens with two attached hydrogens (primary N) is 1. The molecule has 2 rings (SSSR count). The Morgan fingerprint density at radius 1 is 1.32 bits per heavy atom. The largest absolute Gasteiger partial charge is 0.468 e. The van der Waals surface area contributed by atoms with Crippen molar-refractivity contribution in [1.29, 1.82) is 0 Å². The Morgan fingerprint density at radius 3 is 2.63 bits per heavy atom. The van der Waals surface area contributed by atoms with Crippen molar-refractivity contribution in [3.8, 4) is 0 Å². The summed E-state index contributed by atoms with van der Waals surface area (Å²) in [4.78, 5) is 6.29. The maximum absolute atomic E-state index is 6.29. The van der Waals surface area contributed by atoms with Crippen molar-refractivity contribution in [2.24, 2.45) is 5.73 Å². The molecule has 0 saturated carbocycles. The van der Waals surface area contributed by atoms with E-state index in [4.69, 9.17) is 10.2 Å². The second-order valence-electron chi connectivity index (χ2n) is 4.79. The van der Waals surface area contributed by atoms with Gasteiger partial charge in [-0.3, -0.25) is 9.88 Å². The van der Waals surface area contributed by atoms with Crippen molar-refractivity contribution in [2.75, 3.05) is 7.05 Å². The highest BCUT2D eigenvalue weighted by molar-refractivity contribution is 5.17. The van der Waals surface area contributed by atoms with Crippen molar-refractivity contribution >= 4 is 0 Å². The summed E-state index contributed by atoms with van der Waals surface area (Å²) < 4.78 is 5.41. The van der Waals surface area contributed by atoms with E-state index in [-0.39, 0.29) is 12.1 Å². The highest BCUT2D eigenvalue weighted by Crippen LogP contribution is 2.25. The number of hydrogen-bond acceptors (Lipinski definition) is 4. The molecule has 0 bridgehead atoms. The van der Waals surface area contributed by atoms with Crippen molar-refractivity contribution in [1.82, 2.24) is 9.88 Å². The van der Waals surface area contributed by atoms with Gasteiger partial charge >= 0.3 is 0 Å². The van der Waals surface area contributed by atoms with Crippen LogP contribution in [0.15, 0.2) is 47.3 Å². The molecule has 2 N–H and O–H groups in total. The Hall–Kier alpha value is -1.65. The van der Waals surface area contributed by atoms with Gasteiger partial charge in [-0.25, -0.2) is 0 Å². The van der Waals surface area contributed by atoms with E-state index in [0.717, 1.165) is 18.7 Å². The van der Waals surface area contributed by atoms with Gasteiger partial charge in [0, 0.05) is 18.4 Å². The third-order valence-corrected chi connectivity index (χ3v) is 3.38. The van der Waals surface area contributed by atoms with Gasteiger partial charge in [0.2, 0.25) is 0 Å². The lowest BCUT2D eigenvalue weighted by molar-refractivity contribution is 0.188. The molecule has 2 aromatic heterocycles. The van der Waals surface area contributed by atoms with Crippen molar-refractivity contribution < 1.29 is 4.42 Å². The number of aromatic nitrogens is 1. The van der Waals surface area contributed by atoms with Crippen LogP contribution < -0.4 is 5.73 Å². The first-order chi connectivity index (χ1) is 9.22. The first-order valence-corrected chi connectivity index (χ1v) is 6.60. The predicted octanol–water partition coefficient (Wildman–Crippen LogP) is 2.59. The lowest BCUT2D eigenvalue weighted by Crippen LogP contribution is -2.38. The quantitative estimate of drug-likeness (QED) is 0.866. The lowest BCUT2D eigenvalue weighted by Gasteiger charge is -2.32. The zero-order valence-electron chi connectivity index (χ0n) is 11.5. The lowest BCUT2D eigenvalue weighted by atomic mass is 9.97. The summed E-state index contributed by atoms with van der Waals surface area (Å²) in [5.41, 5.74) is 7.48. The van der Waals surface area contributed by atoms with Gasteiger partial charge in [0.25, 0.3) is 0 Å². The molecule has 0 aliphatic rings. The number of pyridine rings is 1. The second kappa shape index (κ2) is 6.50. The van der Waals surface area contributed by atoms with Crippen LogP contribution in [-0.2, 0) is 6.54 Å². The Labute approximate surface area is 114 Å². The van der Waals surface area contributed by atoms with E-state index < -0.39 is 0 Å². The molecule has 102 valence electrons. The number of rotatable bonds is 6. The van der Waals surface area contributed by atoms with Gasteiger partial charge in [-0.05, 0) is 43.3 Å². The number of furan rings is 1. The molecule has 0 aromatic carbocycles. The van der Waals surface area contributed by atoms with Gasteiger partial charge in [-0.1, -0.05) is 6.92 Å². The zero-order valence-corrected chi connectivity index (χ0v) is 11.5. The minimum Gasteiger partial charge on any atom is -0.468 e. The number of likely N-dealkylation sites (N-methyl/N-ethyl adjacent to an activating group) is 1. The molecule has 4 heteroatoms. The van der Waals surface area contributed by atoms with E-state index in [9.17, 15) is 0 Å². The minimum absolute atomic E-state index is 0.0855. The third-order valence-electron chi connectivity index (χ3n) is 3.38. The topological polar surface area (TPSA) is 55.3 Å². The molecule has 2 atom stereocenters. The maximum atomic E-state index is 6.29. The van der Waals surface area contributed by atoms with E-state index in [0.29, 0.717) is 0 Å². The van der Waals surface area contributed by atoms with E-state index in [1.165, 1.54) is 5.56 Å². The number of hydrogen-bond donors (Lipinski definition) is 1. The molecular formula is C15H21N3O. The molecule has 0 fully saturated rings. The summed E-state index contributed by atoms with van der Waals surface area (Å²) in [5.74, 6) is 0.949. The molecule has 0 radical (unpaired) electrons. The van der Waals surface area contributed by atoms with Gasteiger partial charge in [0.1, 0.15) is 5.76 Å². The van der Waals surface area contributed by atoms with Crippen LogP contribution in [-0.4, -0.2) is 23.0 Å². The first kappa shape index (κ1) is 13.8. The highest BCUT2D eigenvalue weighted by Gasteiger charge is 2.23. The Bertz CT molecular complexity index is 469. The van der Waals surface area contributed by atoms with E-state index in [1.807, 2.05) is 36.7 Å². The smallest absolute Gasteiger partial charge is 0.117 e. The molecule has 19 heavy (non-hydrogen) atoms. The van der Waals surface area contributed by atoms with Gasteiger partial charge in [-0.2, -0.15) is 0 Å². The van der Waals surface area contributed by atoms with Crippen molar-refractivity contribution in [3.05, 3.63) is 54.2 Å². The molecule has 4 nitrogen and oxygen atoms in total. The van der Waals surface area contributed by atoms with Gasteiger partial charge in [0.15, 0.2) is 0 Å². The third kappa shape index (κ3) is 3.43. The van der Waals surface area contributed by atoms with Gasteiger partial charge in [-0.15, -0.1) is 0 Å². The fraction of sp³-hybridized carbons (Fsp3) is 0.400. The minimum atomic E-state index is 0.0855. The standard InChI is InChI=1S/C15H21N3O/c1-3-14(16)15(12-6-8-17-9-7-12)18(2)11-13-5-4-10-19-13/h4-10,14-15H,3,11,16H2,1-2H3. The molecule has 0 aliphatic carbocycles. The molecule has 2 aromatic rings. The fourth-order valence-corrected chi connectivity index (χ4v) is 2.36. The van der Waals surface area contributed by atoms with Crippen LogP contribution in [0.4, 0.5) is 0 Å². The van der Waals surface area contributed by atoms with E-state index in [2.05, 4.69) is 23.9 Å². The fourth-order valence-electron chi connectivity index (χ4n) is 2.36. The van der Waals surface area contributed by atoms with Gasteiger partial charge < -0.3 is 10.2 Å². The summed E-state index contributed by atoms with van der Waals surface area (Å²) in [6.07, 6.45) is 6.25. The molecule has 2 unspecified atom stereocenters. The summed E-state index contributed by atoms with van der Waals surface area (Å²) in [6, 6.07) is 8.19. The molecule has 0 aliphatic heterocycles. The van der Waals surface area contributed by atoms with Crippen LogP contribution in [0.3, 0.4) is 0 Å². The molecule has 2 heterocycles. The highest BCUT2D eigenvalue weighted by atomic mass is 16.3. The predicted molar refractivity (Wildman–Crippen MR) is 75.4 cm³/mol. The van der Waals surface area contributed by atoms with Crippen molar-refractivity contribution in [2.45, 2.75) is 32.0 Å². The summed E-state index contributed by atoms with van der Waals surface area (Å²) in [7, 11) is 2.07. The van der Waals surface area contributed by atoms with Crippen LogP contribution >= 0.6 is 0 Å². The summed E-state index contributed by atoms with van der Waals surface area (Å²) >= 11 is 0. The zero-order chi connectivity index (χ0) is 13.7. The van der Waals surface area contributed by atoms with E-state index in [1.54, 1.807) is 6.26 Å². The maximum Gasteiger partial charge on any atom is 0.117 e.